The van der Waals surface area contributed by atoms with E-state index in [0.717, 1.165) is 0 Å². The second-order valence-corrected chi connectivity index (χ2v) is 11.0. The maximum absolute atomic E-state index is 13.9. The van der Waals surface area contributed by atoms with Gasteiger partial charge in [0.15, 0.2) is 0 Å². The number of carbonyl (C=O) groups is 2. The Balaban J connectivity index is 1.90. The SMILES string of the molecule is CCC(C)C(=O)OC12CC3CC(C1)CC(C(=O)OC(C(F)(F)F)C(F)(F)S(=O)(=O)O)(C3)C2. The molecule has 184 valence electrons. The van der Waals surface area contributed by atoms with Crippen molar-refractivity contribution in [3.63, 3.8) is 0 Å². The van der Waals surface area contributed by atoms with E-state index in [0.29, 0.717) is 25.7 Å². The summed E-state index contributed by atoms with van der Waals surface area (Å²) in [6.07, 6.45) is -8.43. The lowest BCUT2D eigenvalue weighted by Crippen LogP contribution is -2.61. The van der Waals surface area contributed by atoms with Gasteiger partial charge in [0.25, 0.3) is 6.10 Å². The first kappa shape index (κ1) is 25.1. The fourth-order valence-electron chi connectivity index (χ4n) is 5.71. The van der Waals surface area contributed by atoms with Crippen LogP contribution in [-0.4, -0.2) is 48.0 Å². The molecule has 0 aromatic rings. The van der Waals surface area contributed by atoms with Gasteiger partial charge in [-0.3, -0.25) is 14.1 Å². The van der Waals surface area contributed by atoms with Gasteiger partial charge in [0.2, 0.25) is 0 Å². The van der Waals surface area contributed by atoms with Crippen LogP contribution >= 0.6 is 0 Å². The molecule has 7 nitrogen and oxygen atoms in total. The number of alkyl halides is 5. The molecule has 0 aromatic heterocycles. The molecule has 32 heavy (non-hydrogen) atoms. The molecule has 0 amide bonds. The van der Waals surface area contributed by atoms with Gasteiger partial charge < -0.3 is 9.47 Å². The van der Waals surface area contributed by atoms with Crippen LogP contribution in [0.15, 0.2) is 0 Å². The van der Waals surface area contributed by atoms with E-state index in [1.54, 1.807) is 13.8 Å². The summed E-state index contributed by atoms with van der Waals surface area (Å²) in [6.45, 7) is 3.43. The van der Waals surface area contributed by atoms with E-state index in [1.807, 2.05) is 0 Å². The summed E-state index contributed by atoms with van der Waals surface area (Å²) < 4.78 is 108. The predicted molar refractivity (Wildman–Crippen MR) is 97.8 cm³/mol. The zero-order chi connectivity index (χ0) is 24.3. The van der Waals surface area contributed by atoms with Crippen molar-refractivity contribution in [2.75, 3.05) is 0 Å². The summed E-state index contributed by atoms with van der Waals surface area (Å²) in [5, 5.41) is -5.79. The Morgan fingerprint density at radius 2 is 1.62 bits per heavy atom. The van der Waals surface area contributed by atoms with Crippen LogP contribution in [-0.2, 0) is 29.2 Å². The molecule has 4 fully saturated rings. The Morgan fingerprint density at radius 1 is 1.09 bits per heavy atom. The Bertz CT molecular complexity index is 871. The summed E-state index contributed by atoms with van der Waals surface area (Å²) in [5.74, 6) is -2.93. The summed E-state index contributed by atoms with van der Waals surface area (Å²) >= 11 is 0. The maximum Gasteiger partial charge on any atom is 0.432 e. The van der Waals surface area contributed by atoms with Crippen molar-refractivity contribution >= 4 is 22.1 Å². The number of hydrogen-bond acceptors (Lipinski definition) is 6. The molecule has 0 aromatic carbocycles. The Labute approximate surface area is 181 Å². The minimum absolute atomic E-state index is 0.0625. The lowest BCUT2D eigenvalue weighted by atomic mass is 9.48. The molecular weight excluding hydrogens is 467 g/mol. The summed E-state index contributed by atoms with van der Waals surface area (Å²) in [4.78, 5) is 25.3. The zero-order valence-corrected chi connectivity index (χ0v) is 18.3. The van der Waals surface area contributed by atoms with Crippen molar-refractivity contribution in [2.24, 2.45) is 23.2 Å². The maximum atomic E-state index is 13.9. The third-order valence-electron chi connectivity index (χ3n) is 6.94. The molecule has 4 bridgehead atoms. The quantitative estimate of drug-likeness (QED) is 0.327. The van der Waals surface area contributed by atoms with Crippen LogP contribution in [0.4, 0.5) is 22.0 Å². The van der Waals surface area contributed by atoms with Crippen LogP contribution in [0.3, 0.4) is 0 Å². The summed E-state index contributed by atoms with van der Waals surface area (Å²) in [6, 6.07) is 0. The van der Waals surface area contributed by atoms with Crippen LogP contribution < -0.4 is 0 Å². The molecule has 0 radical (unpaired) electrons. The molecule has 4 rings (SSSR count). The van der Waals surface area contributed by atoms with Crippen LogP contribution in [0.5, 0.6) is 0 Å². The third-order valence-corrected chi connectivity index (χ3v) is 7.85. The van der Waals surface area contributed by atoms with Crippen molar-refractivity contribution in [2.45, 2.75) is 81.9 Å². The van der Waals surface area contributed by atoms with Crippen molar-refractivity contribution in [1.29, 1.82) is 0 Å². The van der Waals surface area contributed by atoms with E-state index < -0.39 is 56.5 Å². The van der Waals surface area contributed by atoms with Gasteiger partial charge in [-0.05, 0) is 50.4 Å². The minimum Gasteiger partial charge on any atom is -0.459 e. The number of rotatable bonds is 7. The predicted octanol–water partition coefficient (Wildman–Crippen LogP) is 3.87. The Hall–Kier alpha value is -1.50. The first-order chi connectivity index (χ1) is 14.4. The number of halogens is 5. The second kappa shape index (κ2) is 7.78. The first-order valence-electron chi connectivity index (χ1n) is 10.3. The topological polar surface area (TPSA) is 107 Å². The summed E-state index contributed by atoms with van der Waals surface area (Å²) in [7, 11) is -6.53. The Kier molecular flexibility index (Phi) is 6.11. The average Bonchev–Trinajstić information content (AvgIpc) is 2.61. The van der Waals surface area contributed by atoms with Gasteiger partial charge in [-0.25, -0.2) is 0 Å². The highest BCUT2D eigenvalue weighted by Gasteiger charge is 2.69. The number of hydrogen-bond donors (Lipinski definition) is 1. The van der Waals surface area contributed by atoms with Gasteiger partial charge in [0.1, 0.15) is 5.60 Å². The molecule has 0 heterocycles. The molecule has 4 atom stereocenters. The van der Waals surface area contributed by atoms with Crippen molar-refractivity contribution < 1.29 is 54.0 Å². The van der Waals surface area contributed by atoms with E-state index in [1.165, 1.54) is 0 Å². The van der Waals surface area contributed by atoms with Crippen LogP contribution in [0.1, 0.15) is 58.8 Å². The van der Waals surface area contributed by atoms with Crippen molar-refractivity contribution in [3.8, 4) is 0 Å². The van der Waals surface area contributed by atoms with E-state index in [9.17, 15) is 40.0 Å². The summed E-state index contributed by atoms with van der Waals surface area (Å²) in [5.41, 5.74) is -2.72. The monoisotopic (exact) mass is 492 g/mol. The number of esters is 2. The van der Waals surface area contributed by atoms with Gasteiger partial charge >= 0.3 is 33.5 Å². The molecule has 0 saturated heterocycles. The second-order valence-electron chi connectivity index (χ2n) is 9.52. The highest BCUT2D eigenvalue weighted by molar-refractivity contribution is 7.86. The molecular formula is C19H25F5O7S. The van der Waals surface area contributed by atoms with E-state index in [-0.39, 0.29) is 31.1 Å². The standard InChI is InChI=1S/C19H25F5O7S/c1-3-10(2)13(25)31-17-7-11-4-12(8-17)6-16(5-11,9-17)15(26)30-14(18(20,21)22)19(23,24)32(27,28)29/h10-12,14H,3-9H2,1-2H3,(H,27,28,29). The molecule has 0 spiro atoms. The van der Waals surface area contributed by atoms with Crippen molar-refractivity contribution in [1.82, 2.24) is 0 Å². The van der Waals surface area contributed by atoms with Crippen LogP contribution in [0.25, 0.3) is 0 Å². The largest absolute Gasteiger partial charge is 0.459 e. The molecule has 13 heteroatoms. The van der Waals surface area contributed by atoms with Crippen LogP contribution in [0, 0.1) is 23.2 Å². The van der Waals surface area contributed by atoms with Gasteiger partial charge in [0, 0.05) is 6.42 Å². The smallest absolute Gasteiger partial charge is 0.432 e. The van der Waals surface area contributed by atoms with E-state index in [4.69, 9.17) is 9.29 Å². The van der Waals surface area contributed by atoms with Gasteiger partial charge in [-0.2, -0.15) is 30.4 Å². The molecule has 4 aliphatic rings. The van der Waals surface area contributed by atoms with Gasteiger partial charge in [-0.1, -0.05) is 13.8 Å². The molecule has 4 aliphatic carbocycles. The van der Waals surface area contributed by atoms with Gasteiger partial charge in [0.05, 0.1) is 11.3 Å². The zero-order valence-electron chi connectivity index (χ0n) is 17.5. The first-order valence-corrected chi connectivity index (χ1v) is 11.7. The minimum atomic E-state index is -6.53. The molecule has 1 N–H and O–H groups in total. The number of ether oxygens (including phenoxy) is 2. The van der Waals surface area contributed by atoms with Crippen LogP contribution in [0.2, 0.25) is 0 Å². The molecule has 0 aliphatic heterocycles. The third kappa shape index (κ3) is 4.34. The number of carbonyl (C=O) groups excluding carboxylic acids is 2. The molecule has 4 unspecified atom stereocenters. The average molecular weight is 492 g/mol. The lowest BCUT2D eigenvalue weighted by Gasteiger charge is -2.60. The molecule has 4 saturated carbocycles. The van der Waals surface area contributed by atoms with E-state index in [2.05, 4.69) is 4.74 Å². The highest BCUT2D eigenvalue weighted by atomic mass is 32.2. The fraction of sp³-hybridized carbons (Fsp3) is 0.895. The van der Waals surface area contributed by atoms with Crippen molar-refractivity contribution in [3.05, 3.63) is 0 Å². The lowest BCUT2D eigenvalue weighted by molar-refractivity contribution is -0.269. The fourth-order valence-corrected chi connectivity index (χ4v) is 6.16. The van der Waals surface area contributed by atoms with Gasteiger partial charge in [-0.15, -0.1) is 0 Å². The van der Waals surface area contributed by atoms with E-state index >= 15 is 0 Å². The Morgan fingerprint density at radius 3 is 2.06 bits per heavy atom. The normalized spacial score (nSPS) is 34.1. The highest BCUT2D eigenvalue weighted by Crippen LogP contribution is 2.63.